The molecule has 0 N–H and O–H groups in total. The Kier molecular flexibility index (Phi) is 3.79. The zero-order chi connectivity index (χ0) is 19.6. The number of hydrogen-bond acceptors (Lipinski definition) is 0. The van der Waals surface area contributed by atoms with Crippen LogP contribution in [-0.2, 0) is 16.6 Å². The van der Waals surface area contributed by atoms with E-state index in [1.54, 1.807) is 22.3 Å². The topological polar surface area (TPSA) is 0 Å². The number of rotatable bonds is 2. The molecule has 0 nitrogen and oxygen atoms in total. The molecule has 4 aromatic carbocycles. The van der Waals surface area contributed by atoms with E-state index in [1.807, 2.05) is 0 Å². The standard InChI is InChI=1S/2C13H9.2CH3.Ti/c2*1-3-7-12-10(5-1)9-11-6-2-4-8-13(11)12;;;/h2*1-9H;2*1H3;. The van der Waals surface area contributed by atoms with Crippen LogP contribution >= 0.6 is 0 Å². The molecule has 0 heterocycles. The molecule has 0 saturated heterocycles. The van der Waals surface area contributed by atoms with Crippen LogP contribution in [0.1, 0.15) is 30.7 Å². The molecule has 6 rings (SSSR count). The summed E-state index contributed by atoms with van der Waals surface area (Å²) in [4.78, 5) is 0. The molecule has 2 aliphatic rings. The molecule has 4 aromatic rings. The van der Waals surface area contributed by atoms with Crippen LogP contribution in [0.2, 0.25) is 10.5 Å². The van der Waals surface area contributed by atoms with Gasteiger partial charge in [-0.15, -0.1) is 0 Å². The molecule has 0 atom stereocenters. The zero-order valence-electron chi connectivity index (χ0n) is 16.9. The fourth-order valence-corrected chi connectivity index (χ4v) is 13.2. The summed E-state index contributed by atoms with van der Waals surface area (Å²) >= 11 is -2.50. The van der Waals surface area contributed by atoms with Gasteiger partial charge in [-0.25, -0.2) is 0 Å². The van der Waals surface area contributed by atoms with E-state index in [4.69, 9.17) is 0 Å². The van der Waals surface area contributed by atoms with Crippen molar-refractivity contribution in [2.75, 3.05) is 0 Å². The van der Waals surface area contributed by atoms with E-state index in [1.165, 1.54) is 22.3 Å². The number of benzene rings is 4. The zero-order valence-corrected chi connectivity index (χ0v) is 18.5. The van der Waals surface area contributed by atoms with Crippen molar-refractivity contribution in [3.05, 3.63) is 119 Å². The Morgan fingerprint density at radius 1 is 0.414 bits per heavy atom. The van der Waals surface area contributed by atoms with Crippen molar-refractivity contribution in [1.29, 1.82) is 0 Å². The van der Waals surface area contributed by atoms with Crippen molar-refractivity contribution in [1.82, 2.24) is 0 Å². The van der Waals surface area contributed by atoms with Crippen LogP contribution in [0.25, 0.3) is 22.3 Å². The first-order valence-electron chi connectivity index (χ1n) is 10.5. The predicted molar refractivity (Wildman–Crippen MR) is 119 cm³/mol. The summed E-state index contributed by atoms with van der Waals surface area (Å²) in [5, 5.41) is 5.32. The molecule has 0 fully saturated rings. The quantitative estimate of drug-likeness (QED) is 0.297. The average molecular weight is 408 g/mol. The van der Waals surface area contributed by atoms with E-state index in [2.05, 4.69) is 108 Å². The second-order valence-corrected chi connectivity index (χ2v) is 16.5. The van der Waals surface area contributed by atoms with Gasteiger partial charge in [-0.1, -0.05) is 0 Å². The van der Waals surface area contributed by atoms with E-state index in [-0.39, 0.29) is 0 Å². The molecule has 0 radical (unpaired) electrons. The second kappa shape index (κ2) is 6.29. The predicted octanol–water partition coefficient (Wildman–Crippen LogP) is 7.78. The molecule has 0 aromatic heterocycles. The van der Waals surface area contributed by atoms with Gasteiger partial charge in [0.05, 0.1) is 0 Å². The molecule has 0 amide bonds. The van der Waals surface area contributed by atoms with Gasteiger partial charge in [0.15, 0.2) is 0 Å². The summed E-state index contributed by atoms with van der Waals surface area (Å²) in [5.41, 5.74) is 12.0. The molecule has 140 valence electrons. The fourth-order valence-electron chi connectivity index (χ4n) is 6.08. The van der Waals surface area contributed by atoms with Crippen LogP contribution in [0.15, 0.2) is 97.1 Å². The summed E-state index contributed by atoms with van der Waals surface area (Å²) in [7, 11) is 0. The molecule has 0 unspecified atom stereocenters. The van der Waals surface area contributed by atoms with Crippen LogP contribution < -0.4 is 0 Å². The van der Waals surface area contributed by atoms with Gasteiger partial charge in [0.1, 0.15) is 0 Å². The van der Waals surface area contributed by atoms with E-state index < -0.39 is 16.6 Å². The van der Waals surface area contributed by atoms with E-state index in [9.17, 15) is 0 Å². The average Bonchev–Trinajstić information content (AvgIpc) is 3.28. The first-order chi connectivity index (χ1) is 14.2. The van der Waals surface area contributed by atoms with Crippen LogP contribution in [-0.4, -0.2) is 0 Å². The van der Waals surface area contributed by atoms with Gasteiger partial charge in [-0.05, 0) is 0 Å². The van der Waals surface area contributed by atoms with Crippen molar-refractivity contribution in [2.45, 2.75) is 18.9 Å². The van der Waals surface area contributed by atoms with E-state index in [0.29, 0.717) is 8.45 Å². The molecule has 2 aliphatic carbocycles. The monoisotopic (exact) mass is 408 g/mol. The molecular formula is C28H24Ti. The van der Waals surface area contributed by atoms with Gasteiger partial charge < -0.3 is 0 Å². The third-order valence-corrected chi connectivity index (χ3v) is 13.7. The SMILES string of the molecule is [CH3][Ti]([CH3])([CH]1c2ccccc2-c2ccccc21)[CH]1c2ccccc2-c2ccccc21. The summed E-state index contributed by atoms with van der Waals surface area (Å²) in [6.07, 6.45) is 0. The number of hydrogen-bond donors (Lipinski definition) is 0. The Morgan fingerprint density at radius 2 is 0.655 bits per heavy atom. The van der Waals surface area contributed by atoms with Crippen molar-refractivity contribution in [3.8, 4) is 22.3 Å². The third kappa shape index (κ3) is 2.37. The molecular weight excluding hydrogens is 384 g/mol. The summed E-state index contributed by atoms with van der Waals surface area (Å²) in [5.74, 6) is 0. The molecule has 29 heavy (non-hydrogen) atoms. The Morgan fingerprint density at radius 3 is 0.931 bits per heavy atom. The number of fused-ring (bicyclic) bond motifs is 6. The first kappa shape index (κ1) is 17.5. The van der Waals surface area contributed by atoms with Crippen LogP contribution in [0.4, 0.5) is 0 Å². The van der Waals surface area contributed by atoms with Gasteiger partial charge in [-0.2, -0.15) is 0 Å². The minimum absolute atomic E-state index is 0.562. The maximum absolute atomic E-state index is 2.66. The van der Waals surface area contributed by atoms with Crippen LogP contribution in [0, 0.1) is 0 Å². The normalized spacial score (nSPS) is 15.0. The molecule has 1 heteroatoms. The van der Waals surface area contributed by atoms with Gasteiger partial charge >= 0.3 is 177 Å². The summed E-state index contributed by atoms with van der Waals surface area (Å²) in [6.45, 7) is 0. The molecule has 0 saturated carbocycles. The Labute approximate surface area is 176 Å². The van der Waals surface area contributed by atoms with E-state index in [0.717, 1.165) is 0 Å². The summed E-state index contributed by atoms with van der Waals surface area (Å²) < 4.78 is 1.12. The van der Waals surface area contributed by atoms with Gasteiger partial charge in [0, 0.05) is 0 Å². The minimum atomic E-state index is -2.50. The molecule has 0 bridgehead atoms. The fraction of sp³-hybridized carbons (Fsp3) is 0.143. The molecule has 0 aliphatic heterocycles. The van der Waals surface area contributed by atoms with Crippen LogP contribution in [0.5, 0.6) is 0 Å². The van der Waals surface area contributed by atoms with Crippen molar-refractivity contribution in [3.63, 3.8) is 0 Å². The van der Waals surface area contributed by atoms with Crippen molar-refractivity contribution < 1.29 is 16.6 Å². The summed E-state index contributed by atoms with van der Waals surface area (Å²) in [6, 6.07) is 36.5. The van der Waals surface area contributed by atoms with Crippen molar-refractivity contribution >= 4 is 0 Å². The first-order valence-corrected chi connectivity index (χ1v) is 15.5. The molecule has 0 spiro atoms. The Bertz CT molecular complexity index is 1060. The van der Waals surface area contributed by atoms with Crippen LogP contribution in [0.3, 0.4) is 0 Å². The Balaban J connectivity index is 1.61. The van der Waals surface area contributed by atoms with E-state index >= 15 is 0 Å². The third-order valence-electron chi connectivity index (χ3n) is 7.16. The second-order valence-electron chi connectivity index (χ2n) is 9.04. The van der Waals surface area contributed by atoms with Gasteiger partial charge in [0.2, 0.25) is 0 Å². The van der Waals surface area contributed by atoms with Gasteiger partial charge in [0.25, 0.3) is 0 Å². The maximum atomic E-state index is 2.66. The van der Waals surface area contributed by atoms with Gasteiger partial charge in [-0.3, -0.25) is 0 Å². The van der Waals surface area contributed by atoms with Crippen molar-refractivity contribution in [2.24, 2.45) is 0 Å². The Hall–Kier alpha value is -2.41.